The summed E-state index contributed by atoms with van der Waals surface area (Å²) in [7, 11) is 0. The van der Waals surface area contributed by atoms with E-state index in [4.69, 9.17) is 23.2 Å². The fourth-order valence-corrected chi connectivity index (χ4v) is 8.75. The maximum absolute atomic E-state index is 15.1. The predicted octanol–water partition coefficient (Wildman–Crippen LogP) is 6.46. The maximum Gasteiger partial charge on any atom is 0.258 e. The molecule has 0 radical (unpaired) electrons. The Morgan fingerprint density at radius 1 is 0.745 bits per heavy atom. The second kappa shape index (κ2) is 10.7. The number of phenols is 1. The van der Waals surface area contributed by atoms with E-state index in [-0.39, 0.29) is 22.6 Å². The number of alkyl halides is 2. The quantitative estimate of drug-likeness (QED) is 0.0625. The SMILES string of the molecule is O=C1[C@H]2[C@H](CC=C3[C@H]2C[C@@]2(Cl)C(=O)N(c4c(F)c(F)c(F)c(F)c4F)C(=O)[C@@]2(Cl)[C@H]3c2ccc(O)cc2)C(=O)N1c1ccc(I)cc1. The molecule has 4 aliphatic rings. The lowest BCUT2D eigenvalue weighted by Crippen LogP contribution is -2.60. The van der Waals surface area contributed by atoms with E-state index in [9.17, 15) is 37.5 Å². The van der Waals surface area contributed by atoms with Crippen LogP contribution in [-0.4, -0.2) is 38.5 Å². The zero-order valence-corrected chi connectivity index (χ0v) is 27.1. The van der Waals surface area contributed by atoms with Crippen molar-refractivity contribution >= 4 is 80.8 Å². The van der Waals surface area contributed by atoms with Crippen LogP contribution < -0.4 is 9.80 Å². The number of nitrogens with zero attached hydrogens (tertiary/aromatic N) is 2. The first-order valence-corrected chi connectivity index (χ1v) is 15.9. The third kappa shape index (κ3) is 4.14. The smallest absolute Gasteiger partial charge is 0.258 e. The van der Waals surface area contributed by atoms with Crippen molar-refractivity contribution in [1.29, 1.82) is 0 Å². The molecule has 0 unspecified atom stereocenters. The minimum Gasteiger partial charge on any atom is -0.508 e. The summed E-state index contributed by atoms with van der Waals surface area (Å²) in [6.45, 7) is 0. The lowest BCUT2D eigenvalue weighted by atomic mass is 9.56. The average molecular weight is 803 g/mol. The maximum atomic E-state index is 15.1. The molecule has 2 heterocycles. The van der Waals surface area contributed by atoms with Gasteiger partial charge < -0.3 is 5.11 Å². The number of carbonyl (C=O) groups is 4. The molecule has 242 valence electrons. The molecular formula is C32H18Cl2F5IN2O5. The second-order valence-electron chi connectivity index (χ2n) is 11.8. The standard InChI is InChI=1S/C32H18Cl2F5IN2O5/c33-31-11-18-16(9-10-17-19(18)28(45)41(27(17)44)14-5-3-13(40)4-6-14)20(12-1-7-15(43)8-2-12)32(31,34)30(47)42(29(31)46)26-24(38)22(36)21(35)23(37)25(26)39/h1-9,17-20,43H,10-11H2/t17-,18+,19-,20-,31+,32-/m0/s1. The van der Waals surface area contributed by atoms with E-state index < -0.39 is 98.2 Å². The van der Waals surface area contributed by atoms with Crippen LogP contribution in [0.4, 0.5) is 33.3 Å². The van der Waals surface area contributed by atoms with Gasteiger partial charge in [-0.15, -0.1) is 23.2 Å². The van der Waals surface area contributed by atoms with Gasteiger partial charge in [-0.05, 0) is 83.3 Å². The van der Waals surface area contributed by atoms with E-state index >= 15 is 8.78 Å². The predicted molar refractivity (Wildman–Crippen MR) is 166 cm³/mol. The van der Waals surface area contributed by atoms with E-state index in [1.165, 1.54) is 24.3 Å². The van der Waals surface area contributed by atoms with Gasteiger partial charge in [0.05, 0.1) is 17.5 Å². The lowest BCUT2D eigenvalue weighted by molar-refractivity contribution is -0.125. The molecule has 3 aromatic carbocycles. The molecular weight excluding hydrogens is 785 g/mol. The number of rotatable bonds is 3. The molecule has 1 saturated carbocycles. The number of hydrogen-bond acceptors (Lipinski definition) is 5. The fourth-order valence-electron chi connectivity index (χ4n) is 7.45. The summed E-state index contributed by atoms with van der Waals surface area (Å²) < 4.78 is 73.7. The molecule has 6 atom stereocenters. The molecule has 47 heavy (non-hydrogen) atoms. The van der Waals surface area contributed by atoms with E-state index in [0.29, 0.717) is 11.3 Å². The van der Waals surface area contributed by atoms with Gasteiger partial charge in [0.15, 0.2) is 33.0 Å². The summed E-state index contributed by atoms with van der Waals surface area (Å²) in [5, 5.41) is 9.98. The molecule has 3 aromatic rings. The molecule has 2 aliphatic heterocycles. The van der Waals surface area contributed by atoms with Crippen LogP contribution in [0.25, 0.3) is 0 Å². The zero-order valence-electron chi connectivity index (χ0n) is 23.4. The number of carbonyl (C=O) groups excluding carboxylic acids is 4. The fraction of sp³-hybridized carbons (Fsp3) is 0.250. The third-order valence-electron chi connectivity index (χ3n) is 9.53. The van der Waals surface area contributed by atoms with Crippen molar-refractivity contribution in [3.05, 3.63) is 98.4 Å². The summed E-state index contributed by atoms with van der Waals surface area (Å²) in [5.74, 6) is -21.1. The first-order valence-electron chi connectivity index (χ1n) is 14.1. The molecule has 0 bridgehead atoms. The van der Waals surface area contributed by atoms with Crippen molar-refractivity contribution in [3.63, 3.8) is 0 Å². The molecule has 2 aliphatic carbocycles. The molecule has 15 heteroatoms. The molecule has 3 fully saturated rings. The van der Waals surface area contributed by atoms with Gasteiger partial charge in [0, 0.05) is 9.49 Å². The largest absolute Gasteiger partial charge is 0.508 e. The van der Waals surface area contributed by atoms with Crippen LogP contribution in [0.5, 0.6) is 5.75 Å². The lowest BCUT2D eigenvalue weighted by Gasteiger charge is -2.50. The van der Waals surface area contributed by atoms with Crippen LogP contribution in [0.3, 0.4) is 0 Å². The summed E-state index contributed by atoms with van der Waals surface area (Å²) in [4.78, 5) is 51.7. The number of imide groups is 2. The highest BCUT2D eigenvalue weighted by atomic mass is 127. The molecule has 2 saturated heterocycles. The normalized spacial score (nSPS) is 30.0. The highest BCUT2D eigenvalue weighted by molar-refractivity contribution is 14.1. The van der Waals surface area contributed by atoms with Gasteiger partial charge in [0.1, 0.15) is 11.4 Å². The van der Waals surface area contributed by atoms with Crippen molar-refractivity contribution in [2.75, 3.05) is 9.80 Å². The molecule has 1 N–H and O–H groups in total. The van der Waals surface area contributed by atoms with Crippen LogP contribution >= 0.6 is 45.8 Å². The molecule has 7 rings (SSSR count). The van der Waals surface area contributed by atoms with Crippen molar-refractivity contribution < 1.29 is 46.2 Å². The Bertz CT molecular complexity index is 1950. The van der Waals surface area contributed by atoms with Crippen LogP contribution in [0, 0.1) is 50.4 Å². The Labute approximate surface area is 286 Å². The van der Waals surface area contributed by atoms with Gasteiger partial charge in [0.25, 0.3) is 11.8 Å². The summed E-state index contributed by atoms with van der Waals surface area (Å²) in [5.41, 5.74) is -1.04. The Kier molecular flexibility index (Phi) is 7.30. The van der Waals surface area contributed by atoms with Gasteiger partial charge in [-0.2, -0.15) is 0 Å². The second-order valence-corrected chi connectivity index (χ2v) is 14.3. The number of hydrogen-bond donors (Lipinski definition) is 1. The molecule has 0 aromatic heterocycles. The zero-order chi connectivity index (χ0) is 33.9. The van der Waals surface area contributed by atoms with Crippen molar-refractivity contribution in [1.82, 2.24) is 0 Å². The number of fused-ring (bicyclic) bond motifs is 4. The van der Waals surface area contributed by atoms with Gasteiger partial charge in [-0.25, -0.2) is 26.9 Å². The van der Waals surface area contributed by atoms with Gasteiger partial charge in [-0.3, -0.25) is 24.1 Å². The topological polar surface area (TPSA) is 95.0 Å². The minimum atomic E-state index is -2.63. The Balaban J connectivity index is 1.42. The van der Waals surface area contributed by atoms with Crippen molar-refractivity contribution in [2.45, 2.75) is 28.5 Å². The van der Waals surface area contributed by atoms with Crippen LogP contribution in [0.1, 0.15) is 24.3 Å². The van der Waals surface area contributed by atoms with Crippen LogP contribution in [-0.2, 0) is 19.2 Å². The summed E-state index contributed by atoms with van der Waals surface area (Å²) >= 11 is 16.2. The molecule has 7 nitrogen and oxygen atoms in total. The van der Waals surface area contributed by atoms with E-state index in [1.54, 1.807) is 30.3 Å². The average Bonchev–Trinajstić information content (AvgIpc) is 3.38. The molecule has 0 spiro atoms. The number of anilines is 2. The van der Waals surface area contributed by atoms with Gasteiger partial charge in [-0.1, -0.05) is 23.8 Å². The van der Waals surface area contributed by atoms with E-state index in [1.807, 2.05) is 0 Å². The van der Waals surface area contributed by atoms with E-state index in [0.717, 1.165) is 8.47 Å². The molecule has 4 amide bonds. The van der Waals surface area contributed by atoms with Crippen molar-refractivity contribution in [3.8, 4) is 5.75 Å². The monoisotopic (exact) mass is 802 g/mol. The van der Waals surface area contributed by atoms with Crippen LogP contribution in [0.2, 0.25) is 0 Å². The highest BCUT2D eigenvalue weighted by Crippen LogP contribution is 2.66. The number of allylic oxidation sites excluding steroid dienone is 2. The number of halogens is 8. The first kappa shape index (κ1) is 32.0. The first-order chi connectivity index (χ1) is 22.1. The summed E-state index contributed by atoms with van der Waals surface area (Å²) in [6, 6.07) is 11.8. The number of benzene rings is 3. The number of phenolic OH excluding ortho intramolecular Hbond substituents is 1. The van der Waals surface area contributed by atoms with Gasteiger partial charge in [0.2, 0.25) is 17.6 Å². The van der Waals surface area contributed by atoms with E-state index in [2.05, 4.69) is 22.6 Å². The van der Waals surface area contributed by atoms with Crippen LogP contribution in [0.15, 0.2) is 60.2 Å². The third-order valence-corrected chi connectivity index (χ3v) is 11.7. The highest BCUT2D eigenvalue weighted by Gasteiger charge is 2.77. The summed E-state index contributed by atoms with van der Waals surface area (Å²) in [6.07, 6.45) is 1.02. The van der Waals surface area contributed by atoms with Gasteiger partial charge >= 0.3 is 0 Å². The number of aromatic hydroxyl groups is 1. The van der Waals surface area contributed by atoms with Crippen molar-refractivity contribution in [2.24, 2.45) is 17.8 Å². The Hall–Kier alpha value is -3.56. The number of amides is 4. The Morgan fingerprint density at radius 2 is 1.32 bits per heavy atom. The Morgan fingerprint density at radius 3 is 1.91 bits per heavy atom. The minimum absolute atomic E-state index is 0.0161.